The van der Waals surface area contributed by atoms with Crippen molar-refractivity contribution in [2.24, 2.45) is 0 Å². The van der Waals surface area contributed by atoms with Gasteiger partial charge in [0.15, 0.2) is 0 Å². The monoisotopic (exact) mass is 302 g/mol. The Morgan fingerprint density at radius 2 is 1.91 bits per heavy atom. The van der Waals surface area contributed by atoms with Crippen LogP contribution in [-0.2, 0) is 9.53 Å². The van der Waals surface area contributed by atoms with E-state index in [2.05, 4.69) is 12.2 Å². The van der Waals surface area contributed by atoms with Gasteiger partial charge < -0.3 is 10.1 Å². The minimum Gasteiger partial charge on any atom is -0.467 e. The second kappa shape index (κ2) is 9.56. The SMILES string of the molecule is CCCCCC[C@@H](NC(=O)c1ccc(C#N)cc1)C(=O)OC. The van der Waals surface area contributed by atoms with Gasteiger partial charge in [-0.15, -0.1) is 0 Å². The molecule has 0 aliphatic heterocycles. The largest absolute Gasteiger partial charge is 0.467 e. The van der Waals surface area contributed by atoms with Gasteiger partial charge in [0, 0.05) is 5.56 Å². The zero-order valence-electron chi connectivity index (χ0n) is 13.1. The van der Waals surface area contributed by atoms with E-state index >= 15 is 0 Å². The number of nitrogens with zero attached hydrogens (tertiary/aromatic N) is 1. The van der Waals surface area contributed by atoms with Crippen molar-refractivity contribution >= 4 is 11.9 Å². The van der Waals surface area contributed by atoms with Crippen molar-refractivity contribution in [3.63, 3.8) is 0 Å². The molecule has 5 heteroatoms. The molecule has 0 aromatic heterocycles. The summed E-state index contributed by atoms with van der Waals surface area (Å²) in [4.78, 5) is 23.9. The summed E-state index contributed by atoms with van der Waals surface area (Å²) in [5.41, 5.74) is 0.905. The lowest BCUT2D eigenvalue weighted by Crippen LogP contribution is -2.41. The summed E-state index contributed by atoms with van der Waals surface area (Å²) in [5, 5.41) is 11.4. The lowest BCUT2D eigenvalue weighted by atomic mass is 10.1. The minimum atomic E-state index is -0.634. The number of hydrogen-bond acceptors (Lipinski definition) is 4. The fourth-order valence-corrected chi connectivity index (χ4v) is 2.10. The van der Waals surface area contributed by atoms with Crippen LogP contribution in [0.25, 0.3) is 0 Å². The van der Waals surface area contributed by atoms with Crippen LogP contribution >= 0.6 is 0 Å². The highest BCUT2D eigenvalue weighted by Gasteiger charge is 2.21. The van der Waals surface area contributed by atoms with Gasteiger partial charge in [0.1, 0.15) is 6.04 Å². The number of ether oxygens (including phenoxy) is 1. The molecule has 0 bridgehead atoms. The van der Waals surface area contributed by atoms with E-state index in [0.717, 1.165) is 25.7 Å². The van der Waals surface area contributed by atoms with E-state index in [1.54, 1.807) is 24.3 Å². The lowest BCUT2D eigenvalue weighted by molar-refractivity contribution is -0.143. The maximum absolute atomic E-state index is 12.2. The quantitative estimate of drug-likeness (QED) is 0.591. The summed E-state index contributed by atoms with van der Waals surface area (Å²) < 4.78 is 4.75. The number of unbranched alkanes of at least 4 members (excludes halogenated alkanes) is 3. The molecule has 0 radical (unpaired) electrons. The topological polar surface area (TPSA) is 79.2 Å². The van der Waals surface area contributed by atoms with Gasteiger partial charge in [0.05, 0.1) is 18.7 Å². The highest BCUT2D eigenvalue weighted by atomic mass is 16.5. The van der Waals surface area contributed by atoms with Crippen molar-refractivity contribution in [3.8, 4) is 6.07 Å². The summed E-state index contributed by atoms with van der Waals surface area (Å²) in [6.45, 7) is 2.12. The number of methoxy groups -OCH3 is 1. The third-order valence-electron chi connectivity index (χ3n) is 3.41. The summed E-state index contributed by atoms with van der Waals surface area (Å²) in [6, 6.07) is 7.64. The molecule has 1 aromatic carbocycles. The van der Waals surface area contributed by atoms with Crippen LogP contribution in [0.3, 0.4) is 0 Å². The minimum absolute atomic E-state index is 0.338. The fraction of sp³-hybridized carbons (Fsp3) is 0.471. The lowest BCUT2D eigenvalue weighted by Gasteiger charge is -2.16. The molecule has 0 unspecified atom stereocenters. The predicted molar refractivity (Wildman–Crippen MR) is 83.2 cm³/mol. The van der Waals surface area contributed by atoms with Gasteiger partial charge in [-0.25, -0.2) is 4.79 Å². The number of rotatable bonds is 8. The standard InChI is InChI=1S/C17H22N2O3/c1-3-4-5-6-7-15(17(21)22-2)19-16(20)14-10-8-13(12-18)9-11-14/h8-11,15H,3-7H2,1-2H3,(H,19,20)/t15-/m1/s1. The first-order valence-electron chi connectivity index (χ1n) is 7.51. The van der Waals surface area contributed by atoms with E-state index in [4.69, 9.17) is 10.00 Å². The van der Waals surface area contributed by atoms with E-state index in [0.29, 0.717) is 17.5 Å². The van der Waals surface area contributed by atoms with Crippen molar-refractivity contribution in [1.29, 1.82) is 5.26 Å². The molecule has 1 atom stereocenters. The van der Waals surface area contributed by atoms with Crippen LogP contribution in [-0.4, -0.2) is 25.0 Å². The number of esters is 1. The van der Waals surface area contributed by atoms with Crippen LogP contribution in [0.1, 0.15) is 54.9 Å². The van der Waals surface area contributed by atoms with Gasteiger partial charge in [-0.1, -0.05) is 32.6 Å². The zero-order valence-corrected chi connectivity index (χ0v) is 13.1. The highest BCUT2D eigenvalue weighted by Crippen LogP contribution is 2.09. The van der Waals surface area contributed by atoms with Crippen LogP contribution in [0.2, 0.25) is 0 Å². The summed E-state index contributed by atoms with van der Waals surface area (Å²) >= 11 is 0. The van der Waals surface area contributed by atoms with Gasteiger partial charge in [0.25, 0.3) is 5.91 Å². The Kier molecular flexibility index (Phi) is 7.69. The van der Waals surface area contributed by atoms with Crippen LogP contribution < -0.4 is 5.32 Å². The van der Waals surface area contributed by atoms with Crippen LogP contribution in [0.15, 0.2) is 24.3 Å². The molecule has 1 aromatic rings. The van der Waals surface area contributed by atoms with Gasteiger partial charge in [-0.3, -0.25) is 4.79 Å². The van der Waals surface area contributed by atoms with Gasteiger partial charge in [-0.2, -0.15) is 5.26 Å². The van der Waals surface area contributed by atoms with Crippen LogP contribution in [0.5, 0.6) is 0 Å². The molecule has 22 heavy (non-hydrogen) atoms. The molecule has 0 fully saturated rings. The molecule has 118 valence electrons. The molecule has 1 N–H and O–H groups in total. The fourth-order valence-electron chi connectivity index (χ4n) is 2.10. The molecule has 0 aliphatic carbocycles. The Hall–Kier alpha value is -2.35. The third-order valence-corrected chi connectivity index (χ3v) is 3.41. The number of benzene rings is 1. The first-order valence-corrected chi connectivity index (χ1v) is 7.51. The van der Waals surface area contributed by atoms with Crippen LogP contribution in [0.4, 0.5) is 0 Å². The Balaban J connectivity index is 2.64. The Bertz CT molecular complexity index is 532. The van der Waals surface area contributed by atoms with Crippen LogP contribution in [0, 0.1) is 11.3 Å². The number of amides is 1. The van der Waals surface area contributed by atoms with Gasteiger partial charge >= 0.3 is 5.97 Å². The molecule has 1 rings (SSSR count). The average molecular weight is 302 g/mol. The summed E-state index contributed by atoms with van der Waals surface area (Å²) in [5.74, 6) is -0.770. The highest BCUT2D eigenvalue weighted by molar-refractivity contribution is 5.96. The third kappa shape index (κ3) is 5.57. The number of hydrogen-bond donors (Lipinski definition) is 1. The Morgan fingerprint density at radius 1 is 1.23 bits per heavy atom. The zero-order chi connectivity index (χ0) is 16.4. The van der Waals surface area contributed by atoms with E-state index in [9.17, 15) is 9.59 Å². The average Bonchev–Trinajstić information content (AvgIpc) is 2.56. The van der Waals surface area contributed by atoms with E-state index < -0.39 is 12.0 Å². The normalized spacial score (nSPS) is 11.3. The molecule has 0 saturated carbocycles. The maximum atomic E-state index is 12.2. The molecule has 0 spiro atoms. The van der Waals surface area contributed by atoms with Crippen molar-refractivity contribution in [3.05, 3.63) is 35.4 Å². The number of carbonyl (C=O) groups is 2. The Labute approximate surface area is 131 Å². The number of nitriles is 1. The number of carbonyl (C=O) groups excluding carboxylic acids is 2. The predicted octanol–water partition coefficient (Wildman–Crippen LogP) is 2.80. The number of nitrogens with one attached hydrogen (secondary N) is 1. The summed E-state index contributed by atoms with van der Waals surface area (Å²) in [7, 11) is 1.31. The second-order valence-electron chi connectivity index (χ2n) is 5.09. The maximum Gasteiger partial charge on any atom is 0.328 e. The van der Waals surface area contributed by atoms with Gasteiger partial charge in [0.2, 0.25) is 0 Å². The molecule has 5 nitrogen and oxygen atoms in total. The molecule has 0 saturated heterocycles. The van der Waals surface area contributed by atoms with Crippen molar-refractivity contribution in [2.75, 3.05) is 7.11 Å². The second-order valence-corrected chi connectivity index (χ2v) is 5.09. The first-order chi connectivity index (χ1) is 10.6. The Morgan fingerprint density at radius 3 is 2.45 bits per heavy atom. The molecule has 0 heterocycles. The first kappa shape index (κ1) is 17.7. The van der Waals surface area contributed by atoms with Crippen molar-refractivity contribution in [2.45, 2.75) is 45.1 Å². The van der Waals surface area contributed by atoms with E-state index in [-0.39, 0.29) is 5.91 Å². The van der Waals surface area contributed by atoms with Crippen molar-refractivity contribution < 1.29 is 14.3 Å². The molecule has 1 amide bonds. The van der Waals surface area contributed by atoms with Gasteiger partial charge in [-0.05, 0) is 30.7 Å². The molecular weight excluding hydrogens is 280 g/mol. The smallest absolute Gasteiger partial charge is 0.328 e. The summed E-state index contributed by atoms with van der Waals surface area (Å²) in [6.07, 6.45) is 4.67. The molecule has 0 aliphatic rings. The van der Waals surface area contributed by atoms with Crippen molar-refractivity contribution in [1.82, 2.24) is 5.32 Å². The van der Waals surface area contributed by atoms with E-state index in [1.807, 2.05) is 6.07 Å². The van der Waals surface area contributed by atoms with E-state index in [1.165, 1.54) is 7.11 Å². The molecular formula is C17H22N2O3.